The molecule has 2 N–H and O–H groups in total. The van der Waals surface area contributed by atoms with Gasteiger partial charge in [0, 0.05) is 14.7 Å². The molecular weight excluding hydrogens is 456 g/mol. The van der Waals surface area contributed by atoms with Crippen LogP contribution in [0.4, 0.5) is 0 Å². The summed E-state index contributed by atoms with van der Waals surface area (Å²) in [6.45, 7) is 9.61. The Morgan fingerprint density at radius 2 is 2.06 bits per heavy atom. The third kappa shape index (κ3) is 4.97. The van der Waals surface area contributed by atoms with Gasteiger partial charge in [-0.25, -0.2) is 14.3 Å². The number of aromatic nitrogens is 5. The number of nitrogens with two attached hydrogens (primary N) is 1. The fourth-order valence-electron chi connectivity index (χ4n) is 3.64. The number of hydrogen-bond donors (Lipinski definition) is 1. The number of primary amides is 1. The molecule has 4 heterocycles. The van der Waals surface area contributed by atoms with E-state index in [1.54, 1.807) is 0 Å². The second kappa shape index (κ2) is 9.55. The second-order valence-electron chi connectivity index (χ2n) is 9.55. The average Bonchev–Trinajstić information content (AvgIpc) is 3.04. The van der Waals surface area contributed by atoms with Gasteiger partial charge in [0.1, 0.15) is 24.4 Å². The van der Waals surface area contributed by atoms with Crippen molar-refractivity contribution in [1.29, 1.82) is 0 Å². The molecule has 0 spiro atoms. The molecule has 12 heteroatoms. The van der Waals surface area contributed by atoms with E-state index < -0.39 is 19.7 Å². The lowest BCUT2D eigenvalue weighted by molar-refractivity contribution is 0.0871. The summed E-state index contributed by atoms with van der Waals surface area (Å²) >= 11 is 0. The number of nitrogens with zero attached hydrogens (tertiary/aromatic N) is 5. The molecule has 1 unspecified atom stereocenters. The Bertz CT molecular complexity index is 1270. The van der Waals surface area contributed by atoms with Gasteiger partial charge in [0.05, 0.1) is 12.7 Å². The lowest BCUT2D eigenvalue weighted by atomic mass is 10.2. The fourth-order valence-corrected chi connectivity index (χ4v) is 4.40. The van der Waals surface area contributed by atoms with Crippen molar-refractivity contribution < 1.29 is 19.0 Å². The summed E-state index contributed by atoms with van der Waals surface area (Å²) < 4.78 is 20.5. The van der Waals surface area contributed by atoms with Crippen LogP contribution in [0.1, 0.15) is 30.1 Å². The SMILES string of the molecule is CC1CCCOc2ncnc3c2n(c(=O)n3COCC[Si](C)(C)C)-c2ccc(C(N)=O)c(n2)O1. The number of carbonyl (C=O) groups excluding carboxylic acids is 1. The zero-order chi connectivity index (χ0) is 24.5. The van der Waals surface area contributed by atoms with Crippen LogP contribution in [0.15, 0.2) is 23.3 Å². The highest BCUT2D eigenvalue weighted by molar-refractivity contribution is 6.76. The zero-order valence-corrected chi connectivity index (χ0v) is 20.9. The molecule has 0 aliphatic carbocycles. The molecule has 11 nitrogen and oxygen atoms in total. The number of rotatable bonds is 6. The second-order valence-corrected chi connectivity index (χ2v) is 15.2. The smallest absolute Gasteiger partial charge is 0.338 e. The maximum absolute atomic E-state index is 13.6. The van der Waals surface area contributed by atoms with Gasteiger partial charge in [-0.1, -0.05) is 19.6 Å². The largest absolute Gasteiger partial charge is 0.476 e. The van der Waals surface area contributed by atoms with Crippen molar-refractivity contribution in [3.8, 4) is 17.6 Å². The number of amides is 1. The summed E-state index contributed by atoms with van der Waals surface area (Å²) in [6.07, 6.45) is 2.46. The van der Waals surface area contributed by atoms with E-state index in [-0.39, 0.29) is 36.0 Å². The highest BCUT2D eigenvalue weighted by Gasteiger charge is 2.24. The van der Waals surface area contributed by atoms with Crippen LogP contribution in [0.25, 0.3) is 17.0 Å². The first kappa shape index (κ1) is 23.9. The van der Waals surface area contributed by atoms with Crippen LogP contribution in [-0.4, -0.2) is 57.4 Å². The first-order valence-electron chi connectivity index (χ1n) is 11.3. The van der Waals surface area contributed by atoms with E-state index in [1.807, 2.05) is 6.92 Å². The van der Waals surface area contributed by atoms with Crippen molar-refractivity contribution in [2.45, 2.75) is 58.3 Å². The van der Waals surface area contributed by atoms with E-state index in [0.29, 0.717) is 37.2 Å². The van der Waals surface area contributed by atoms with Crippen molar-refractivity contribution in [2.75, 3.05) is 13.2 Å². The topological polar surface area (TPSA) is 136 Å². The lowest BCUT2D eigenvalue weighted by Gasteiger charge is -2.18. The van der Waals surface area contributed by atoms with Gasteiger partial charge >= 0.3 is 5.69 Å². The molecule has 0 fully saturated rings. The molecule has 3 aromatic rings. The van der Waals surface area contributed by atoms with Gasteiger partial charge in [0.25, 0.3) is 5.91 Å². The highest BCUT2D eigenvalue weighted by Crippen LogP contribution is 2.27. The van der Waals surface area contributed by atoms with Crippen LogP contribution >= 0.6 is 0 Å². The molecule has 1 aliphatic rings. The molecule has 34 heavy (non-hydrogen) atoms. The fraction of sp³-hybridized carbons (Fsp3) is 0.500. The van der Waals surface area contributed by atoms with E-state index in [9.17, 15) is 9.59 Å². The van der Waals surface area contributed by atoms with Crippen LogP contribution < -0.4 is 20.9 Å². The normalized spacial score (nSPS) is 16.3. The van der Waals surface area contributed by atoms with Crippen LogP contribution in [0.2, 0.25) is 25.7 Å². The van der Waals surface area contributed by atoms with Crippen molar-refractivity contribution in [3.63, 3.8) is 0 Å². The van der Waals surface area contributed by atoms with Gasteiger partial charge in [0.15, 0.2) is 11.2 Å². The first-order valence-corrected chi connectivity index (χ1v) is 15.0. The van der Waals surface area contributed by atoms with E-state index in [1.165, 1.54) is 27.6 Å². The van der Waals surface area contributed by atoms with E-state index in [0.717, 1.165) is 6.04 Å². The summed E-state index contributed by atoms with van der Waals surface area (Å²) in [7, 11) is -1.28. The predicted octanol–water partition coefficient (Wildman–Crippen LogP) is 2.33. The predicted molar refractivity (Wildman–Crippen MR) is 128 cm³/mol. The molecule has 1 atom stereocenters. The minimum Gasteiger partial charge on any atom is -0.476 e. The van der Waals surface area contributed by atoms with E-state index in [4.69, 9.17) is 19.9 Å². The summed E-state index contributed by atoms with van der Waals surface area (Å²) in [6, 6.07) is 4.01. The summed E-state index contributed by atoms with van der Waals surface area (Å²) in [5.74, 6) is -0.0643. The van der Waals surface area contributed by atoms with Crippen LogP contribution in [0.5, 0.6) is 11.8 Å². The Morgan fingerprint density at radius 3 is 2.79 bits per heavy atom. The van der Waals surface area contributed by atoms with Crippen molar-refractivity contribution >= 4 is 25.1 Å². The summed E-state index contributed by atoms with van der Waals surface area (Å²) in [4.78, 5) is 38.6. The Balaban J connectivity index is 1.86. The molecule has 0 saturated heterocycles. The van der Waals surface area contributed by atoms with Crippen molar-refractivity contribution in [1.82, 2.24) is 24.1 Å². The van der Waals surface area contributed by atoms with Gasteiger partial charge in [-0.3, -0.25) is 9.36 Å². The van der Waals surface area contributed by atoms with E-state index >= 15 is 0 Å². The van der Waals surface area contributed by atoms with Crippen molar-refractivity contribution in [2.24, 2.45) is 5.73 Å². The average molecular weight is 487 g/mol. The molecule has 1 aliphatic heterocycles. The number of ether oxygens (including phenoxy) is 3. The van der Waals surface area contributed by atoms with Gasteiger partial charge in [-0.15, -0.1) is 0 Å². The van der Waals surface area contributed by atoms with Crippen LogP contribution in [0.3, 0.4) is 0 Å². The Labute approximate surface area is 197 Å². The molecule has 182 valence electrons. The summed E-state index contributed by atoms with van der Waals surface area (Å²) in [5, 5.41) is 0. The number of carbonyl (C=O) groups is 1. The standard InChI is InChI=1S/C22H30N6O5Si/c1-14-6-5-9-32-21-17-19(24-12-25-21)27(13-31-10-11-34(2,3)4)22(30)28(17)16-8-7-15(18(23)29)20(26-16)33-14/h7-8,12,14H,5-6,9-11,13H2,1-4H3,(H2,23,29). The number of pyridine rings is 1. The van der Waals surface area contributed by atoms with Gasteiger partial charge in [-0.2, -0.15) is 9.97 Å². The molecule has 3 aromatic heterocycles. The van der Waals surface area contributed by atoms with Crippen molar-refractivity contribution in [3.05, 3.63) is 34.5 Å². The Morgan fingerprint density at radius 1 is 1.26 bits per heavy atom. The van der Waals surface area contributed by atoms with E-state index in [2.05, 4.69) is 34.6 Å². The molecular formula is C22H30N6O5Si. The maximum Gasteiger partial charge on any atom is 0.338 e. The minimum absolute atomic E-state index is 0.0308. The maximum atomic E-state index is 13.6. The third-order valence-corrected chi connectivity index (χ3v) is 7.24. The third-order valence-electron chi connectivity index (χ3n) is 5.53. The molecule has 1 amide bonds. The van der Waals surface area contributed by atoms with Gasteiger partial charge in [-0.05, 0) is 37.9 Å². The number of fused-ring (bicyclic) bond motifs is 3. The Hall–Kier alpha value is -3.25. The zero-order valence-electron chi connectivity index (χ0n) is 19.9. The quantitative estimate of drug-likeness (QED) is 0.414. The highest BCUT2D eigenvalue weighted by atomic mass is 28.3. The number of imidazole rings is 1. The van der Waals surface area contributed by atoms with Gasteiger partial charge < -0.3 is 19.9 Å². The molecule has 4 rings (SSSR count). The lowest BCUT2D eigenvalue weighted by Crippen LogP contribution is -2.27. The Kier molecular flexibility index (Phi) is 6.71. The molecule has 0 radical (unpaired) electrons. The molecule has 0 saturated carbocycles. The number of hydrogen-bond acceptors (Lipinski definition) is 8. The monoisotopic (exact) mass is 486 g/mol. The van der Waals surface area contributed by atoms with Crippen LogP contribution in [0, 0.1) is 0 Å². The molecule has 0 aromatic carbocycles. The van der Waals surface area contributed by atoms with Crippen LogP contribution in [-0.2, 0) is 11.5 Å². The summed E-state index contributed by atoms with van der Waals surface area (Å²) in [5.41, 5.74) is 6.01. The van der Waals surface area contributed by atoms with Gasteiger partial charge in [0.2, 0.25) is 11.8 Å². The minimum atomic E-state index is -1.28. The first-order chi connectivity index (χ1) is 16.2. The molecule has 2 bridgehead atoms.